The molecule has 0 fully saturated rings. The van der Waals surface area contributed by atoms with Gasteiger partial charge in [0.15, 0.2) is 0 Å². The number of hydrogen-bond donors (Lipinski definition) is 1. The maximum Gasteiger partial charge on any atom is 0.220 e. The van der Waals surface area contributed by atoms with Gasteiger partial charge in [0, 0.05) is 13.0 Å². The molecule has 0 saturated carbocycles. The van der Waals surface area contributed by atoms with Crippen molar-refractivity contribution in [1.29, 1.82) is 0 Å². The molecular formula is C11H23NO. The highest BCUT2D eigenvalue weighted by molar-refractivity contribution is 5.75. The molecule has 0 aromatic rings. The minimum absolute atomic E-state index is 0.195. The van der Waals surface area contributed by atoms with Gasteiger partial charge in [-0.1, -0.05) is 40.5 Å². The number of hydrogen-bond acceptors (Lipinski definition) is 1. The van der Waals surface area contributed by atoms with E-state index >= 15 is 0 Å². The van der Waals surface area contributed by atoms with Gasteiger partial charge in [-0.15, -0.1) is 0 Å². The van der Waals surface area contributed by atoms with Gasteiger partial charge in [0.05, 0.1) is 0 Å². The third-order valence-corrected chi connectivity index (χ3v) is 1.82. The summed E-state index contributed by atoms with van der Waals surface area (Å²) in [6.07, 6.45) is 4.03. The van der Waals surface area contributed by atoms with Crippen molar-refractivity contribution in [1.82, 2.24) is 5.32 Å². The third-order valence-electron chi connectivity index (χ3n) is 1.82. The Morgan fingerprint density at radius 2 is 1.85 bits per heavy atom. The zero-order chi connectivity index (χ0) is 10.3. The van der Waals surface area contributed by atoms with Crippen molar-refractivity contribution >= 4 is 5.91 Å². The van der Waals surface area contributed by atoms with Crippen LogP contribution in [0, 0.1) is 5.41 Å². The zero-order valence-electron chi connectivity index (χ0n) is 9.44. The Bertz CT molecular complexity index is 147. The Morgan fingerprint density at radius 3 is 2.31 bits per heavy atom. The van der Waals surface area contributed by atoms with E-state index in [2.05, 4.69) is 33.0 Å². The number of rotatable bonds is 5. The van der Waals surface area contributed by atoms with E-state index in [1.165, 1.54) is 6.42 Å². The molecule has 0 spiro atoms. The SMILES string of the molecule is CCCCCC(=O)NCC(C)(C)C. The Hall–Kier alpha value is -0.530. The molecule has 0 aromatic heterocycles. The van der Waals surface area contributed by atoms with Crippen LogP contribution in [0.3, 0.4) is 0 Å². The molecule has 0 unspecified atom stereocenters. The smallest absolute Gasteiger partial charge is 0.220 e. The number of carbonyl (C=O) groups excluding carboxylic acids is 1. The Kier molecular flexibility index (Phi) is 5.76. The van der Waals surface area contributed by atoms with Crippen LogP contribution in [0.15, 0.2) is 0 Å². The highest BCUT2D eigenvalue weighted by atomic mass is 16.1. The lowest BCUT2D eigenvalue weighted by atomic mass is 9.97. The molecular weight excluding hydrogens is 162 g/mol. The molecule has 0 rings (SSSR count). The van der Waals surface area contributed by atoms with E-state index in [4.69, 9.17) is 0 Å². The van der Waals surface area contributed by atoms with Crippen molar-refractivity contribution in [2.24, 2.45) is 5.41 Å². The summed E-state index contributed by atoms with van der Waals surface area (Å²) in [6.45, 7) is 9.29. The number of amides is 1. The minimum atomic E-state index is 0.195. The molecule has 0 bridgehead atoms. The van der Waals surface area contributed by atoms with Gasteiger partial charge in [0.1, 0.15) is 0 Å². The highest BCUT2D eigenvalue weighted by Crippen LogP contribution is 2.10. The van der Waals surface area contributed by atoms with Crippen molar-refractivity contribution in [3.63, 3.8) is 0 Å². The van der Waals surface area contributed by atoms with Gasteiger partial charge >= 0.3 is 0 Å². The second-order valence-corrected chi connectivity index (χ2v) is 4.79. The van der Waals surface area contributed by atoms with E-state index in [0.717, 1.165) is 19.4 Å². The Labute approximate surface area is 82.1 Å². The van der Waals surface area contributed by atoms with Crippen LogP contribution in [0.2, 0.25) is 0 Å². The molecule has 0 aliphatic heterocycles. The topological polar surface area (TPSA) is 29.1 Å². The summed E-state index contributed by atoms with van der Waals surface area (Å²) in [5.41, 5.74) is 0.195. The van der Waals surface area contributed by atoms with Crippen molar-refractivity contribution < 1.29 is 4.79 Å². The second-order valence-electron chi connectivity index (χ2n) is 4.79. The summed E-state index contributed by atoms with van der Waals surface area (Å²) >= 11 is 0. The van der Waals surface area contributed by atoms with Gasteiger partial charge in [-0.2, -0.15) is 0 Å². The van der Waals surface area contributed by atoms with Crippen molar-refractivity contribution in [3.8, 4) is 0 Å². The van der Waals surface area contributed by atoms with Crippen molar-refractivity contribution in [3.05, 3.63) is 0 Å². The van der Waals surface area contributed by atoms with Gasteiger partial charge in [0.25, 0.3) is 0 Å². The second kappa shape index (κ2) is 6.01. The standard InChI is InChI=1S/C11H23NO/c1-5-6-7-8-10(13)12-9-11(2,3)4/h5-9H2,1-4H3,(H,12,13). The minimum Gasteiger partial charge on any atom is -0.356 e. The molecule has 2 nitrogen and oxygen atoms in total. The van der Waals surface area contributed by atoms with E-state index in [9.17, 15) is 4.79 Å². The largest absolute Gasteiger partial charge is 0.356 e. The maximum atomic E-state index is 11.3. The Balaban J connectivity index is 3.41. The molecule has 0 heterocycles. The summed E-state index contributed by atoms with van der Waals surface area (Å²) in [5, 5.41) is 2.94. The fourth-order valence-corrected chi connectivity index (χ4v) is 0.988. The van der Waals surface area contributed by atoms with E-state index < -0.39 is 0 Å². The van der Waals surface area contributed by atoms with Crippen molar-refractivity contribution in [2.45, 2.75) is 53.4 Å². The van der Waals surface area contributed by atoms with E-state index in [-0.39, 0.29) is 11.3 Å². The monoisotopic (exact) mass is 185 g/mol. The molecule has 0 atom stereocenters. The fraction of sp³-hybridized carbons (Fsp3) is 0.909. The average molecular weight is 185 g/mol. The van der Waals surface area contributed by atoms with Gasteiger partial charge in [-0.3, -0.25) is 4.79 Å². The first-order chi connectivity index (χ1) is 5.95. The normalized spacial score (nSPS) is 11.4. The predicted octanol–water partition coefficient (Wildman–Crippen LogP) is 2.73. The summed E-state index contributed by atoms with van der Waals surface area (Å²) in [7, 11) is 0. The molecule has 13 heavy (non-hydrogen) atoms. The van der Waals surface area contributed by atoms with Crippen molar-refractivity contribution in [2.75, 3.05) is 6.54 Å². The van der Waals surface area contributed by atoms with Crippen LogP contribution >= 0.6 is 0 Å². The summed E-state index contributed by atoms with van der Waals surface area (Å²) in [5.74, 6) is 0.198. The van der Waals surface area contributed by atoms with Crippen LogP contribution in [0.5, 0.6) is 0 Å². The summed E-state index contributed by atoms with van der Waals surface area (Å²) in [6, 6.07) is 0. The third kappa shape index (κ3) is 9.38. The van der Waals surface area contributed by atoms with Crippen LogP contribution in [0.25, 0.3) is 0 Å². The van der Waals surface area contributed by atoms with E-state index in [1.807, 2.05) is 0 Å². The zero-order valence-corrected chi connectivity index (χ0v) is 9.44. The first-order valence-electron chi connectivity index (χ1n) is 5.22. The first-order valence-corrected chi connectivity index (χ1v) is 5.22. The quantitative estimate of drug-likeness (QED) is 0.656. The van der Waals surface area contributed by atoms with E-state index in [0.29, 0.717) is 6.42 Å². The molecule has 2 heteroatoms. The number of nitrogens with one attached hydrogen (secondary N) is 1. The Morgan fingerprint density at radius 1 is 1.23 bits per heavy atom. The van der Waals surface area contributed by atoms with Crippen LogP contribution in [-0.4, -0.2) is 12.5 Å². The average Bonchev–Trinajstić information content (AvgIpc) is 2.00. The van der Waals surface area contributed by atoms with Gasteiger partial charge < -0.3 is 5.32 Å². The lowest BCUT2D eigenvalue weighted by Gasteiger charge is -2.18. The number of unbranched alkanes of at least 4 members (excludes halogenated alkanes) is 2. The fourth-order valence-electron chi connectivity index (χ4n) is 0.988. The van der Waals surface area contributed by atoms with Gasteiger partial charge in [0.2, 0.25) is 5.91 Å². The highest BCUT2D eigenvalue weighted by Gasteiger charge is 2.11. The number of carbonyl (C=O) groups is 1. The molecule has 0 aliphatic rings. The molecule has 0 aliphatic carbocycles. The van der Waals surface area contributed by atoms with Crippen LogP contribution in [0.1, 0.15) is 53.4 Å². The van der Waals surface area contributed by atoms with Crippen LogP contribution < -0.4 is 5.32 Å². The predicted molar refractivity (Wildman–Crippen MR) is 56.6 cm³/mol. The van der Waals surface area contributed by atoms with Crippen LogP contribution in [0.4, 0.5) is 0 Å². The van der Waals surface area contributed by atoms with E-state index in [1.54, 1.807) is 0 Å². The molecule has 0 radical (unpaired) electrons. The first kappa shape index (κ1) is 12.5. The van der Waals surface area contributed by atoms with Crippen LogP contribution in [-0.2, 0) is 4.79 Å². The molecule has 78 valence electrons. The summed E-state index contributed by atoms with van der Waals surface area (Å²) < 4.78 is 0. The molecule has 0 saturated heterocycles. The molecule has 1 N–H and O–H groups in total. The molecule has 1 amide bonds. The lowest BCUT2D eigenvalue weighted by Crippen LogP contribution is -2.31. The van der Waals surface area contributed by atoms with Gasteiger partial charge in [-0.25, -0.2) is 0 Å². The lowest BCUT2D eigenvalue weighted by molar-refractivity contribution is -0.121. The summed E-state index contributed by atoms with van der Waals surface area (Å²) in [4.78, 5) is 11.3. The maximum absolute atomic E-state index is 11.3. The van der Waals surface area contributed by atoms with Gasteiger partial charge in [-0.05, 0) is 11.8 Å². The molecule has 0 aromatic carbocycles.